The van der Waals surface area contributed by atoms with E-state index in [1.165, 1.54) is 43.1 Å². The van der Waals surface area contributed by atoms with Crippen LogP contribution >= 0.6 is 11.8 Å². The van der Waals surface area contributed by atoms with Crippen molar-refractivity contribution in [1.82, 2.24) is 0 Å². The van der Waals surface area contributed by atoms with E-state index in [0.717, 1.165) is 27.5 Å². The Labute approximate surface area is 166 Å². The normalized spacial score (nSPS) is 13.0. The van der Waals surface area contributed by atoms with Gasteiger partial charge in [0.15, 0.2) is 6.20 Å². The lowest BCUT2D eigenvalue weighted by atomic mass is 9.93. The third-order valence-electron chi connectivity index (χ3n) is 6.07. The Morgan fingerprint density at radius 3 is 2.54 bits per heavy atom. The molecule has 4 heterocycles. The molecule has 1 aliphatic heterocycles. The van der Waals surface area contributed by atoms with Gasteiger partial charge in [0.2, 0.25) is 5.69 Å². The second-order valence-corrected chi connectivity index (χ2v) is 8.97. The molecule has 0 spiro atoms. The molecule has 1 aliphatic rings. The number of nitrogens with zero attached hydrogens (tertiary/aromatic N) is 1. The van der Waals surface area contributed by atoms with Gasteiger partial charge in [0, 0.05) is 26.6 Å². The molecule has 6 rings (SSSR count). The van der Waals surface area contributed by atoms with Gasteiger partial charge in [0.25, 0.3) is 5.78 Å². The van der Waals surface area contributed by atoms with Gasteiger partial charge < -0.3 is 8.83 Å². The zero-order chi connectivity index (χ0) is 19.3. The van der Waals surface area contributed by atoms with E-state index in [2.05, 4.69) is 62.8 Å². The number of furan rings is 2. The summed E-state index contributed by atoms with van der Waals surface area (Å²) in [6, 6.07) is 8.83. The largest absolute Gasteiger partial charge is 0.430 e. The van der Waals surface area contributed by atoms with Crippen molar-refractivity contribution < 1.29 is 13.4 Å². The number of aryl methyl sites for hydroxylation is 4. The van der Waals surface area contributed by atoms with Gasteiger partial charge in [-0.15, -0.1) is 0 Å². The highest BCUT2D eigenvalue weighted by atomic mass is 32.2. The van der Waals surface area contributed by atoms with E-state index in [0.29, 0.717) is 5.78 Å². The molecule has 3 nitrogen and oxygen atoms in total. The van der Waals surface area contributed by atoms with Crippen LogP contribution in [0.2, 0.25) is 0 Å². The number of pyridine rings is 1. The quantitative estimate of drug-likeness (QED) is 0.278. The van der Waals surface area contributed by atoms with E-state index >= 15 is 0 Å². The van der Waals surface area contributed by atoms with Crippen LogP contribution in [0.3, 0.4) is 0 Å². The second kappa shape index (κ2) is 5.21. The summed E-state index contributed by atoms with van der Waals surface area (Å²) in [6.45, 7) is 8.62. The van der Waals surface area contributed by atoms with E-state index < -0.39 is 0 Å². The molecule has 138 valence electrons. The average molecular weight is 386 g/mol. The summed E-state index contributed by atoms with van der Waals surface area (Å²) < 4.78 is 14.2. The van der Waals surface area contributed by atoms with E-state index in [9.17, 15) is 0 Å². The molecule has 4 heteroatoms. The van der Waals surface area contributed by atoms with Crippen molar-refractivity contribution in [2.75, 3.05) is 0 Å². The van der Waals surface area contributed by atoms with Crippen molar-refractivity contribution in [3.63, 3.8) is 0 Å². The molecule has 28 heavy (non-hydrogen) atoms. The predicted octanol–water partition coefficient (Wildman–Crippen LogP) is 6.52. The van der Waals surface area contributed by atoms with Crippen LogP contribution in [0.15, 0.2) is 49.1 Å². The lowest BCUT2D eigenvalue weighted by molar-refractivity contribution is -0.659. The summed E-state index contributed by atoms with van der Waals surface area (Å²) in [5.74, 6) is 1.50. The van der Waals surface area contributed by atoms with Crippen molar-refractivity contribution >= 4 is 44.7 Å². The molecule has 0 unspecified atom stereocenters. The molecule has 3 aromatic heterocycles. The van der Waals surface area contributed by atoms with Crippen molar-refractivity contribution in [2.45, 2.75) is 37.5 Å². The Kier molecular flexibility index (Phi) is 3.02. The maximum Gasteiger partial charge on any atom is 0.298 e. The second-order valence-electron chi connectivity index (χ2n) is 7.92. The van der Waals surface area contributed by atoms with Gasteiger partial charge in [-0.25, -0.2) is 4.57 Å². The zero-order valence-electron chi connectivity index (χ0n) is 16.6. The van der Waals surface area contributed by atoms with Gasteiger partial charge in [-0.05, 0) is 56.5 Å². The Balaban J connectivity index is 1.86. The summed E-state index contributed by atoms with van der Waals surface area (Å²) >= 11 is 1.88. The summed E-state index contributed by atoms with van der Waals surface area (Å²) in [5, 5.41) is 4.62. The van der Waals surface area contributed by atoms with Gasteiger partial charge in [-0.2, -0.15) is 0 Å². The molecule has 0 aliphatic carbocycles. The third-order valence-corrected chi connectivity index (χ3v) is 7.35. The van der Waals surface area contributed by atoms with Crippen molar-refractivity contribution in [3.05, 3.63) is 52.9 Å². The van der Waals surface area contributed by atoms with Crippen molar-refractivity contribution in [1.29, 1.82) is 0 Å². The van der Waals surface area contributed by atoms with Gasteiger partial charge in [-0.1, -0.05) is 17.8 Å². The van der Waals surface area contributed by atoms with Crippen LogP contribution in [0, 0.1) is 27.7 Å². The fourth-order valence-corrected chi connectivity index (χ4v) is 5.91. The fraction of sp³-hybridized carbons (Fsp3) is 0.208. The fourth-order valence-electron chi connectivity index (χ4n) is 4.63. The number of fused-ring (bicyclic) bond motifs is 6. The number of rotatable bonds is 0. The summed E-state index contributed by atoms with van der Waals surface area (Å²) in [5.41, 5.74) is 7.57. The Bertz CT molecular complexity index is 1490. The highest BCUT2D eigenvalue weighted by Crippen LogP contribution is 2.52. The lowest BCUT2D eigenvalue weighted by Crippen LogP contribution is -2.32. The Morgan fingerprint density at radius 2 is 1.71 bits per heavy atom. The molecule has 0 radical (unpaired) electrons. The predicted molar refractivity (Wildman–Crippen MR) is 113 cm³/mol. The Morgan fingerprint density at radius 1 is 0.893 bits per heavy atom. The van der Waals surface area contributed by atoms with Gasteiger partial charge in [0.1, 0.15) is 18.4 Å². The Hall–Kier alpha value is -2.72. The summed E-state index contributed by atoms with van der Waals surface area (Å²) in [4.78, 5) is 2.65. The van der Waals surface area contributed by atoms with E-state index in [1.807, 2.05) is 18.7 Å². The lowest BCUT2D eigenvalue weighted by Gasteiger charge is -2.22. The molecule has 5 aromatic rings. The van der Waals surface area contributed by atoms with E-state index in [1.54, 1.807) is 0 Å². The molecule has 0 bridgehead atoms. The zero-order valence-corrected chi connectivity index (χ0v) is 17.4. The molecule has 0 amide bonds. The van der Waals surface area contributed by atoms with Crippen LogP contribution in [0.1, 0.15) is 22.5 Å². The van der Waals surface area contributed by atoms with Gasteiger partial charge in [-0.3, -0.25) is 0 Å². The summed E-state index contributed by atoms with van der Waals surface area (Å²) in [6.07, 6.45) is 2.15. The standard InChI is InChI=1S/C24H20NO2S/c1-11-8-12(2)23-19(14(11)4)21-20-15(6-7-25(21)5)22-16(10-18(20)28-23)17-9-13(3)26-24(17)27-22/h6-10H,1-5H3/q+1. The molecule has 2 aromatic carbocycles. The SMILES string of the molecule is Cc1cc2c(o1)oc1c3cc[n+](C)c4c3c(cc21)Sc1c(C)cc(C)c(C)c1-4. The maximum atomic E-state index is 6.19. The molecule has 0 saturated carbocycles. The average Bonchev–Trinajstić information content (AvgIpc) is 3.18. The monoisotopic (exact) mass is 386 g/mol. The van der Waals surface area contributed by atoms with E-state index in [-0.39, 0.29) is 0 Å². The molecule has 0 fully saturated rings. The number of aromatic nitrogens is 1. The highest BCUT2D eigenvalue weighted by Gasteiger charge is 2.31. The van der Waals surface area contributed by atoms with Crippen molar-refractivity contribution in [3.8, 4) is 11.3 Å². The minimum atomic E-state index is 0.616. The molecular formula is C24H20NO2S+. The highest BCUT2D eigenvalue weighted by molar-refractivity contribution is 7.99. The number of hydrogen-bond acceptors (Lipinski definition) is 3. The number of hydrogen-bond donors (Lipinski definition) is 0. The van der Waals surface area contributed by atoms with Gasteiger partial charge >= 0.3 is 0 Å². The van der Waals surface area contributed by atoms with Crippen LogP contribution in [0.5, 0.6) is 0 Å². The van der Waals surface area contributed by atoms with Crippen LogP contribution in [-0.4, -0.2) is 0 Å². The first-order valence-electron chi connectivity index (χ1n) is 9.51. The maximum absolute atomic E-state index is 6.19. The first kappa shape index (κ1) is 16.3. The molecular weight excluding hydrogens is 366 g/mol. The molecule has 0 atom stereocenters. The first-order chi connectivity index (χ1) is 13.4. The topological polar surface area (TPSA) is 30.2 Å². The van der Waals surface area contributed by atoms with Crippen molar-refractivity contribution in [2.24, 2.45) is 7.05 Å². The minimum Gasteiger partial charge on any atom is -0.430 e. The summed E-state index contributed by atoms with van der Waals surface area (Å²) in [7, 11) is 2.14. The van der Waals surface area contributed by atoms with Crippen LogP contribution in [0.25, 0.3) is 44.2 Å². The minimum absolute atomic E-state index is 0.616. The number of benzene rings is 2. The van der Waals surface area contributed by atoms with Crippen LogP contribution in [0.4, 0.5) is 0 Å². The van der Waals surface area contributed by atoms with Crippen LogP contribution in [-0.2, 0) is 7.05 Å². The smallest absolute Gasteiger partial charge is 0.298 e. The van der Waals surface area contributed by atoms with E-state index in [4.69, 9.17) is 8.83 Å². The van der Waals surface area contributed by atoms with Gasteiger partial charge in [0.05, 0.1) is 16.3 Å². The molecule has 0 N–H and O–H groups in total. The first-order valence-corrected chi connectivity index (χ1v) is 10.3. The third kappa shape index (κ3) is 1.89. The molecule has 0 saturated heterocycles. The van der Waals surface area contributed by atoms with Crippen LogP contribution < -0.4 is 4.57 Å².